The summed E-state index contributed by atoms with van der Waals surface area (Å²) < 4.78 is 3.22. The number of nitrogens with zero attached hydrogens (tertiary/aromatic N) is 3. The lowest BCUT2D eigenvalue weighted by atomic mass is 10.1. The molecule has 0 amide bonds. The van der Waals surface area contributed by atoms with Crippen LogP contribution in [0.2, 0.25) is 0 Å². The largest absolute Gasteiger partial charge is 0.329 e. The molecule has 0 spiro atoms. The van der Waals surface area contributed by atoms with Gasteiger partial charge in [-0.3, -0.25) is 14.3 Å². The van der Waals surface area contributed by atoms with Gasteiger partial charge in [0.15, 0.2) is 11.2 Å². The van der Waals surface area contributed by atoms with E-state index in [2.05, 4.69) is 29.1 Å². The van der Waals surface area contributed by atoms with Gasteiger partial charge in [0.05, 0.1) is 0 Å². The molecule has 0 radical (unpaired) electrons. The zero-order chi connectivity index (χ0) is 18.1. The first-order chi connectivity index (χ1) is 11.9. The molecule has 0 saturated carbocycles. The first kappa shape index (κ1) is 17.0. The van der Waals surface area contributed by atoms with Crippen LogP contribution in [0.25, 0.3) is 11.2 Å². The van der Waals surface area contributed by atoms with Crippen molar-refractivity contribution in [3.8, 4) is 0 Å². The van der Waals surface area contributed by atoms with Crippen molar-refractivity contribution in [1.82, 2.24) is 19.1 Å². The maximum Gasteiger partial charge on any atom is 0.329 e. The van der Waals surface area contributed by atoms with E-state index >= 15 is 0 Å². The highest BCUT2D eigenvalue weighted by atomic mass is 16.2. The third-order valence-electron chi connectivity index (χ3n) is 4.24. The predicted octanol–water partition coefficient (Wildman–Crippen LogP) is 2.52. The van der Waals surface area contributed by atoms with E-state index in [1.165, 1.54) is 4.57 Å². The molecule has 0 fully saturated rings. The summed E-state index contributed by atoms with van der Waals surface area (Å²) in [7, 11) is 1.61. The van der Waals surface area contributed by atoms with Crippen molar-refractivity contribution in [2.24, 2.45) is 13.0 Å². The smallest absolute Gasteiger partial charge is 0.326 e. The fraction of sp³-hybridized carbons (Fsp3) is 0.389. The molecule has 0 atom stereocenters. The van der Waals surface area contributed by atoms with Gasteiger partial charge in [-0.05, 0) is 31.4 Å². The van der Waals surface area contributed by atoms with Crippen molar-refractivity contribution in [3.63, 3.8) is 0 Å². The van der Waals surface area contributed by atoms with Crippen LogP contribution in [0.1, 0.15) is 25.8 Å². The Morgan fingerprint density at radius 1 is 1.20 bits per heavy atom. The van der Waals surface area contributed by atoms with Crippen LogP contribution >= 0.6 is 0 Å². The van der Waals surface area contributed by atoms with Crippen LogP contribution < -0.4 is 16.6 Å². The summed E-state index contributed by atoms with van der Waals surface area (Å²) in [5.74, 6) is 1.04. The van der Waals surface area contributed by atoms with Crippen LogP contribution in [-0.4, -0.2) is 19.1 Å². The highest BCUT2D eigenvalue weighted by Crippen LogP contribution is 2.21. The molecular formula is C18H23N5O2. The van der Waals surface area contributed by atoms with E-state index in [1.807, 2.05) is 35.8 Å². The molecule has 25 heavy (non-hydrogen) atoms. The number of imidazole rings is 1. The molecule has 0 unspecified atom stereocenters. The van der Waals surface area contributed by atoms with Crippen molar-refractivity contribution in [2.75, 3.05) is 5.32 Å². The Labute approximate surface area is 145 Å². The number of aromatic amines is 1. The van der Waals surface area contributed by atoms with Gasteiger partial charge >= 0.3 is 5.69 Å². The van der Waals surface area contributed by atoms with Gasteiger partial charge in [-0.15, -0.1) is 0 Å². The second-order valence-corrected chi connectivity index (χ2v) is 6.75. The van der Waals surface area contributed by atoms with E-state index in [4.69, 9.17) is 0 Å². The molecule has 132 valence electrons. The second kappa shape index (κ2) is 6.58. The lowest BCUT2D eigenvalue weighted by molar-refractivity contribution is 0.525. The molecule has 3 aromatic rings. The van der Waals surface area contributed by atoms with Crippen LogP contribution in [-0.2, 0) is 13.6 Å². The third-order valence-corrected chi connectivity index (χ3v) is 4.24. The summed E-state index contributed by atoms with van der Waals surface area (Å²) in [5.41, 5.74) is 1.97. The molecule has 2 heterocycles. The van der Waals surface area contributed by atoms with Crippen molar-refractivity contribution >= 4 is 22.8 Å². The monoisotopic (exact) mass is 341 g/mol. The Bertz CT molecular complexity index is 1010. The van der Waals surface area contributed by atoms with Crippen LogP contribution in [0.15, 0.2) is 33.9 Å². The molecule has 7 nitrogen and oxygen atoms in total. The zero-order valence-corrected chi connectivity index (χ0v) is 15.0. The van der Waals surface area contributed by atoms with Crippen LogP contribution in [0.3, 0.4) is 0 Å². The molecule has 0 saturated heterocycles. The summed E-state index contributed by atoms with van der Waals surface area (Å²) >= 11 is 0. The highest BCUT2D eigenvalue weighted by Gasteiger charge is 2.17. The minimum absolute atomic E-state index is 0.382. The van der Waals surface area contributed by atoms with E-state index in [0.29, 0.717) is 29.6 Å². The van der Waals surface area contributed by atoms with Gasteiger partial charge in [0.2, 0.25) is 5.95 Å². The molecule has 3 rings (SSSR count). The maximum atomic E-state index is 12.4. The zero-order valence-electron chi connectivity index (χ0n) is 15.0. The number of nitrogens with one attached hydrogen (secondary N) is 2. The van der Waals surface area contributed by atoms with E-state index in [-0.39, 0.29) is 0 Å². The number of aryl methyl sites for hydroxylation is 3. The minimum atomic E-state index is -0.465. The summed E-state index contributed by atoms with van der Waals surface area (Å²) in [4.78, 5) is 31.1. The average Bonchev–Trinajstić information content (AvgIpc) is 2.92. The number of hydrogen-bond donors (Lipinski definition) is 2. The predicted molar refractivity (Wildman–Crippen MR) is 99.5 cm³/mol. The minimum Gasteiger partial charge on any atom is -0.326 e. The number of aromatic nitrogens is 4. The Morgan fingerprint density at radius 3 is 2.52 bits per heavy atom. The normalized spacial score (nSPS) is 11.4. The Kier molecular flexibility index (Phi) is 4.48. The standard InChI is InChI=1S/C18H23N5O2/c1-11(2)9-10-23-14-15(22(4)18(25)21-16(14)24)20-17(23)19-13-7-5-12(3)6-8-13/h5-8,11H,9-10H2,1-4H3,(H,19,20)(H,21,24,25). The number of rotatable bonds is 5. The lowest BCUT2D eigenvalue weighted by Crippen LogP contribution is -2.29. The molecule has 0 aliphatic heterocycles. The van der Waals surface area contributed by atoms with Crippen molar-refractivity contribution in [3.05, 3.63) is 50.7 Å². The van der Waals surface area contributed by atoms with Gasteiger partial charge in [0.1, 0.15) is 0 Å². The van der Waals surface area contributed by atoms with Gasteiger partial charge in [-0.1, -0.05) is 31.5 Å². The Balaban J connectivity index is 2.15. The van der Waals surface area contributed by atoms with Crippen molar-refractivity contribution in [1.29, 1.82) is 0 Å². The molecule has 1 aromatic carbocycles. The number of anilines is 2. The quantitative estimate of drug-likeness (QED) is 0.747. The number of hydrogen-bond acceptors (Lipinski definition) is 4. The fourth-order valence-corrected chi connectivity index (χ4v) is 2.70. The molecule has 7 heteroatoms. The van der Waals surface area contributed by atoms with Gasteiger partial charge in [0.25, 0.3) is 5.56 Å². The Morgan fingerprint density at radius 2 is 1.88 bits per heavy atom. The molecule has 2 aromatic heterocycles. The van der Waals surface area contributed by atoms with Crippen LogP contribution in [0.4, 0.5) is 11.6 Å². The molecule has 0 aliphatic carbocycles. The number of benzene rings is 1. The molecule has 2 N–H and O–H groups in total. The topological polar surface area (TPSA) is 84.7 Å². The maximum absolute atomic E-state index is 12.4. The SMILES string of the molecule is Cc1ccc(Nc2nc3c(c(=O)[nH]c(=O)n3C)n2CCC(C)C)cc1. The molecular weight excluding hydrogens is 318 g/mol. The van der Waals surface area contributed by atoms with Gasteiger partial charge in [-0.2, -0.15) is 4.98 Å². The van der Waals surface area contributed by atoms with E-state index in [0.717, 1.165) is 17.7 Å². The van der Waals surface area contributed by atoms with Crippen LogP contribution in [0, 0.1) is 12.8 Å². The number of H-pyrrole nitrogens is 1. The molecule has 0 bridgehead atoms. The number of fused-ring (bicyclic) bond motifs is 1. The summed E-state index contributed by atoms with van der Waals surface area (Å²) in [5, 5.41) is 3.27. The highest BCUT2D eigenvalue weighted by molar-refractivity contribution is 5.75. The second-order valence-electron chi connectivity index (χ2n) is 6.75. The van der Waals surface area contributed by atoms with Gasteiger partial charge in [0, 0.05) is 19.3 Å². The summed E-state index contributed by atoms with van der Waals surface area (Å²) in [6, 6.07) is 7.94. The van der Waals surface area contributed by atoms with E-state index in [1.54, 1.807) is 7.05 Å². The van der Waals surface area contributed by atoms with Gasteiger partial charge < -0.3 is 9.88 Å². The lowest BCUT2D eigenvalue weighted by Gasteiger charge is -2.12. The van der Waals surface area contributed by atoms with Crippen LogP contribution in [0.5, 0.6) is 0 Å². The van der Waals surface area contributed by atoms with E-state index < -0.39 is 11.2 Å². The fourth-order valence-electron chi connectivity index (χ4n) is 2.70. The average molecular weight is 341 g/mol. The van der Waals surface area contributed by atoms with E-state index in [9.17, 15) is 9.59 Å². The Hall–Kier alpha value is -2.83. The summed E-state index contributed by atoms with van der Waals surface area (Å²) in [6.45, 7) is 6.93. The third kappa shape index (κ3) is 3.35. The summed E-state index contributed by atoms with van der Waals surface area (Å²) in [6.07, 6.45) is 0.899. The van der Waals surface area contributed by atoms with Gasteiger partial charge in [-0.25, -0.2) is 4.79 Å². The first-order valence-electron chi connectivity index (χ1n) is 8.40. The van der Waals surface area contributed by atoms with Crippen molar-refractivity contribution < 1.29 is 0 Å². The first-order valence-corrected chi connectivity index (χ1v) is 8.40. The van der Waals surface area contributed by atoms with Crippen molar-refractivity contribution in [2.45, 2.75) is 33.7 Å². The molecule has 0 aliphatic rings.